The Labute approximate surface area is 157 Å². The van der Waals surface area contributed by atoms with E-state index in [-0.39, 0.29) is 35.7 Å². The molecule has 24 heavy (non-hydrogen) atoms. The maximum atomic E-state index is 10.8. The van der Waals surface area contributed by atoms with E-state index >= 15 is 0 Å². The largest absolute Gasteiger partial charge is 2.00 e. The van der Waals surface area contributed by atoms with Crippen LogP contribution in [0.5, 0.6) is 0 Å². The maximum absolute atomic E-state index is 10.8. The van der Waals surface area contributed by atoms with Crippen molar-refractivity contribution in [3.8, 4) is 0 Å². The third kappa shape index (κ3) is 6.76. The molecule has 0 spiro atoms. The van der Waals surface area contributed by atoms with Crippen molar-refractivity contribution < 1.29 is 31.3 Å². The van der Waals surface area contributed by atoms with Crippen LogP contribution in [0.25, 0.3) is 0 Å². The maximum Gasteiger partial charge on any atom is 2.00 e. The van der Waals surface area contributed by atoms with Gasteiger partial charge in [-0.2, -0.15) is 0 Å². The Balaban J connectivity index is 0.000000412. The number of hydrogen-bond acceptors (Lipinski definition) is 4. The van der Waals surface area contributed by atoms with Gasteiger partial charge < -0.3 is 9.47 Å². The zero-order chi connectivity index (χ0) is 16.7. The molecular weight excluding hydrogens is 346 g/mol. The molecule has 128 valence electrons. The molecular formula is C19H23FeNO3+2. The third-order valence-electron chi connectivity index (χ3n) is 3.57. The van der Waals surface area contributed by atoms with E-state index in [4.69, 9.17) is 9.47 Å². The van der Waals surface area contributed by atoms with Crippen LogP contribution in [0, 0.1) is 69.1 Å². The van der Waals surface area contributed by atoms with Crippen molar-refractivity contribution in [2.24, 2.45) is 10.9 Å². The van der Waals surface area contributed by atoms with Crippen LogP contribution in [0.2, 0.25) is 0 Å². The van der Waals surface area contributed by atoms with Crippen molar-refractivity contribution in [1.29, 1.82) is 0 Å². The molecule has 10 radical (unpaired) electrons. The fourth-order valence-electron chi connectivity index (χ4n) is 2.17. The second-order valence-electron chi connectivity index (χ2n) is 5.76. The summed E-state index contributed by atoms with van der Waals surface area (Å²) in [5.41, 5.74) is 0. The van der Waals surface area contributed by atoms with Crippen LogP contribution < -0.4 is 0 Å². The number of aliphatic imine (C=N–C) groups is 1. The molecule has 1 atom stereocenters. The Morgan fingerprint density at radius 3 is 2.33 bits per heavy atom. The number of rotatable bonds is 4. The van der Waals surface area contributed by atoms with Crippen molar-refractivity contribution in [2.75, 3.05) is 13.2 Å². The molecule has 0 aromatic rings. The Morgan fingerprint density at radius 1 is 1.21 bits per heavy atom. The molecule has 4 nitrogen and oxygen atoms in total. The first-order chi connectivity index (χ1) is 11.1. The van der Waals surface area contributed by atoms with Gasteiger partial charge in [-0.1, -0.05) is 13.8 Å². The molecule has 0 bridgehead atoms. The summed E-state index contributed by atoms with van der Waals surface area (Å²) in [4.78, 5) is 15.4. The summed E-state index contributed by atoms with van der Waals surface area (Å²) in [7, 11) is 0. The van der Waals surface area contributed by atoms with Crippen molar-refractivity contribution >= 4 is 11.9 Å². The predicted molar refractivity (Wildman–Crippen MR) is 89.5 cm³/mol. The van der Waals surface area contributed by atoms with E-state index in [0.717, 1.165) is 11.8 Å². The van der Waals surface area contributed by atoms with E-state index in [1.807, 2.05) is 51.4 Å². The Bertz CT molecular complexity index is 400. The average molecular weight is 369 g/mol. The average Bonchev–Trinajstić information content (AvgIpc) is 3.25. The molecule has 1 aliphatic heterocycles. The first-order valence-corrected chi connectivity index (χ1v) is 7.83. The van der Waals surface area contributed by atoms with Crippen LogP contribution in [0.15, 0.2) is 4.99 Å². The van der Waals surface area contributed by atoms with Crippen molar-refractivity contribution in [2.45, 2.75) is 26.8 Å². The van der Waals surface area contributed by atoms with Gasteiger partial charge in [0.1, 0.15) is 6.61 Å². The van der Waals surface area contributed by atoms with Gasteiger partial charge in [0, 0.05) is 12.8 Å². The molecule has 2 saturated carbocycles. The molecule has 0 amide bonds. The zero-order valence-corrected chi connectivity index (χ0v) is 15.3. The number of ether oxygens (including phenoxy) is 2. The van der Waals surface area contributed by atoms with Crippen molar-refractivity contribution in [3.05, 3.63) is 63.2 Å². The SMILES string of the molecule is CC(=O)OC[C]1[CH][CH][CH][C]1C1=N[C@@H](C(C)C)CO1.[CH]1[CH][CH][CH][CH]1.[Fe+2]. The van der Waals surface area contributed by atoms with E-state index in [1.165, 1.54) is 6.92 Å². The van der Waals surface area contributed by atoms with Gasteiger partial charge in [0.05, 0.1) is 18.6 Å². The molecule has 0 aromatic heterocycles. The van der Waals surface area contributed by atoms with Crippen LogP contribution in [0.4, 0.5) is 0 Å². The van der Waals surface area contributed by atoms with Gasteiger partial charge in [-0.05, 0) is 57.3 Å². The van der Waals surface area contributed by atoms with Gasteiger partial charge in [0.2, 0.25) is 0 Å². The minimum atomic E-state index is -0.281. The molecule has 0 saturated heterocycles. The van der Waals surface area contributed by atoms with Gasteiger partial charge in [0.15, 0.2) is 5.90 Å². The molecule has 0 aromatic carbocycles. The van der Waals surface area contributed by atoms with Gasteiger partial charge in [-0.25, -0.2) is 4.99 Å². The minimum absolute atomic E-state index is 0. The van der Waals surface area contributed by atoms with Crippen LogP contribution in [0.1, 0.15) is 20.8 Å². The number of esters is 1. The third-order valence-corrected chi connectivity index (χ3v) is 3.57. The Kier molecular flexibility index (Phi) is 9.99. The van der Waals surface area contributed by atoms with E-state index in [2.05, 4.69) is 18.8 Å². The van der Waals surface area contributed by atoms with Crippen LogP contribution in [-0.2, 0) is 31.3 Å². The number of carbonyl (C=O) groups excluding carboxylic acids is 1. The molecule has 2 fully saturated rings. The number of carbonyl (C=O) groups is 1. The van der Waals surface area contributed by atoms with E-state index < -0.39 is 0 Å². The monoisotopic (exact) mass is 369 g/mol. The van der Waals surface area contributed by atoms with Gasteiger partial charge in [-0.3, -0.25) is 4.79 Å². The smallest absolute Gasteiger partial charge is 0.478 e. The fraction of sp³-hybridized carbons (Fsp3) is 0.368. The summed E-state index contributed by atoms with van der Waals surface area (Å²) >= 11 is 0. The fourth-order valence-corrected chi connectivity index (χ4v) is 2.17. The standard InChI is InChI=1S/C14H18NO3.C5H5.Fe/c1-9(2)13-8-18-14(15-13)12-6-4-5-11(12)7-17-10(3)16;1-2-4-5-3-1;/h4-6,9,13H,7-8H2,1-3H3;1-5H;/q;;+2/t13-;;/m1../s1. The first kappa shape index (κ1) is 21.5. The number of nitrogens with zero attached hydrogens (tertiary/aromatic N) is 1. The summed E-state index contributed by atoms with van der Waals surface area (Å²) in [5, 5.41) is 0. The summed E-state index contributed by atoms with van der Waals surface area (Å²) in [6.45, 7) is 6.56. The van der Waals surface area contributed by atoms with Crippen molar-refractivity contribution in [1.82, 2.24) is 0 Å². The first-order valence-electron chi connectivity index (χ1n) is 7.83. The molecule has 3 aliphatic rings. The summed E-state index contributed by atoms with van der Waals surface area (Å²) in [6, 6.07) is 0.219. The van der Waals surface area contributed by atoms with Gasteiger partial charge >= 0.3 is 23.0 Å². The predicted octanol–water partition coefficient (Wildman–Crippen LogP) is 2.80. The van der Waals surface area contributed by atoms with Crippen LogP contribution in [0.3, 0.4) is 0 Å². The molecule has 1 heterocycles. The normalized spacial score (nSPS) is 24.0. The van der Waals surface area contributed by atoms with Crippen LogP contribution >= 0.6 is 0 Å². The molecule has 2 aliphatic carbocycles. The number of hydrogen-bond donors (Lipinski definition) is 0. The van der Waals surface area contributed by atoms with E-state index in [1.54, 1.807) is 0 Å². The second-order valence-corrected chi connectivity index (χ2v) is 5.76. The summed E-state index contributed by atoms with van der Waals surface area (Å²) < 4.78 is 10.6. The summed E-state index contributed by atoms with van der Waals surface area (Å²) in [6.07, 6.45) is 15.8. The Hall–Kier alpha value is -0.541. The quantitative estimate of drug-likeness (QED) is 0.566. The molecule has 5 heteroatoms. The zero-order valence-electron chi connectivity index (χ0n) is 14.2. The van der Waals surface area contributed by atoms with E-state index in [9.17, 15) is 4.79 Å². The molecule has 0 N–H and O–H groups in total. The Morgan fingerprint density at radius 2 is 1.83 bits per heavy atom. The summed E-state index contributed by atoms with van der Waals surface area (Å²) in [5.74, 6) is 2.72. The minimum Gasteiger partial charge on any atom is -0.478 e. The van der Waals surface area contributed by atoms with E-state index in [0.29, 0.717) is 18.4 Å². The van der Waals surface area contributed by atoms with Gasteiger partial charge in [0.25, 0.3) is 0 Å². The molecule has 0 unspecified atom stereocenters. The topological polar surface area (TPSA) is 47.9 Å². The molecule has 3 rings (SSSR count). The van der Waals surface area contributed by atoms with Crippen molar-refractivity contribution in [3.63, 3.8) is 0 Å². The van der Waals surface area contributed by atoms with Crippen LogP contribution in [-0.4, -0.2) is 31.1 Å². The van der Waals surface area contributed by atoms with Gasteiger partial charge in [-0.15, -0.1) is 0 Å². The second kappa shape index (κ2) is 11.1.